The molecule has 0 fully saturated rings. The van der Waals surface area contributed by atoms with E-state index in [0.717, 1.165) is 10.0 Å². The maximum Gasteiger partial charge on any atom is 0.339 e. The summed E-state index contributed by atoms with van der Waals surface area (Å²) in [6, 6.07) is 8.45. The van der Waals surface area contributed by atoms with E-state index in [1.807, 2.05) is 26.0 Å². The molecular formula is C18H19BrClN3O3. The van der Waals surface area contributed by atoms with E-state index in [1.165, 1.54) is 13.3 Å². The van der Waals surface area contributed by atoms with Crippen molar-refractivity contribution in [1.82, 2.24) is 5.43 Å². The third kappa shape index (κ3) is 5.37. The molecule has 2 amide bonds. The van der Waals surface area contributed by atoms with E-state index in [2.05, 4.69) is 31.8 Å². The molecule has 138 valence electrons. The summed E-state index contributed by atoms with van der Waals surface area (Å²) in [6.07, 6.45) is 1.47. The number of benzene rings is 2. The number of nitrogens with one attached hydrogen (secondary N) is 2. The Morgan fingerprint density at radius 1 is 1.35 bits per heavy atom. The van der Waals surface area contributed by atoms with Crippen LogP contribution < -0.4 is 20.2 Å². The molecule has 0 heterocycles. The van der Waals surface area contributed by atoms with Crippen molar-refractivity contribution in [2.24, 2.45) is 5.10 Å². The van der Waals surface area contributed by atoms with Crippen LogP contribution in [0.1, 0.15) is 18.1 Å². The highest BCUT2D eigenvalue weighted by Gasteiger charge is 2.11. The van der Waals surface area contributed by atoms with Gasteiger partial charge >= 0.3 is 6.03 Å². The van der Waals surface area contributed by atoms with Gasteiger partial charge in [-0.15, -0.1) is 0 Å². The lowest BCUT2D eigenvalue weighted by atomic mass is 10.2. The topological polar surface area (TPSA) is 72.0 Å². The second-order valence-electron chi connectivity index (χ2n) is 5.26. The Morgan fingerprint density at radius 2 is 2.12 bits per heavy atom. The van der Waals surface area contributed by atoms with Crippen molar-refractivity contribution in [3.8, 4) is 11.5 Å². The van der Waals surface area contributed by atoms with Gasteiger partial charge in [0.1, 0.15) is 0 Å². The Hall–Kier alpha value is -2.25. The molecule has 0 aliphatic heterocycles. The second-order valence-corrected chi connectivity index (χ2v) is 6.52. The van der Waals surface area contributed by atoms with E-state index in [1.54, 1.807) is 18.2 Å². The Kier molecular flexibility index (Phi) is 7.29. The number of aryl methyl sites for hydroxylation is 1. The van der Waals surface area contributed by atoms with Crippen LogP contribution in [0.2, 0.25) is 5.02 Å². The van der Waals surface area contributed by atoms with Gasteiger partial charge in [-0.3, -0.25) is 0 Å². The fourth-order valence-corrected chi connectivity index (χ4v) is 2.67. The first kappa shape index (κ1) is 20.1. The van der Waals surface area contributed by atoms with Gasteiger partial charge in [-0.1, -0.05) is 27.5 Å². The first-order valence-electron chi connectivity index (χ1n) is 7.81. The Bertz CT molecular complexity index is 828. The maximum atomic E-state index is 11.9. The van der Waals surface area contributed by atoms with Gasteiger partial charge in [0.25, 0.3) is 0 Å². The molecule has 2 N–H and O–H groups in total. The zero-order valence-corrected chi connectivity index (χ0v) is 16.9. The zero-order chi connectivity index (χ0) is 19.1. The van der Waals surface area contributed by atoms with Gasteiger partial charge in [-0.25, -0.2) is 10.2 Å². The summed E-state index contributed by atoms with van der Waals surface area (Å²) in [5.41, 5.74) is 4.75. The molecule has 0 saturated heterocycles. The van der Waals surface area contributed by atoms with Crippen LogP contribution in [0.15, 0.2) is 39.9 Å². The average molecular weight is 441 g/mol. The van der Waals surface area contributed by atoms with Crippen LogP contribution in [0.5, 0.6) is 11.5 Å². The summed E-state index contributed by atoms with van der Waals surface area (Å²) >= 11 is 9.61. The minimum atomic E-state index is -0.452. The van der Waals surface area contributed by atoms with Crippen molar-refractivity contribution in [2.45, 2.75) is 13.8 Å². The number of carbonyl (C=O) groups excluding carboxylic acids is 1. The summed E-state index contributed by atoms with van der Waals surface area (Å²) in [7, 11) is 1.53. The minimum Gasteiger partial charge on any atom is -0.493 e. The monoisotopic (exact) mass is 439 g/mol. The van der Waals surface area contributed by atoms with Crippen LogP contribution in [0.25, 0.3) is 0 Å². The fourth-order valence-electron chi connectivity index (χ4n) is 2.15. The van der Waals surface area contributed by atoms with Gasteiger partial charge in [0.05, 0.1) is 25.0 Å². The highest BCUT2D eigenvalue weighted by molar-refractivity contribution is 9.10. The molecule has 2 aromatic carbocycles. The minimum absolute atomic E-state index is 0.405. The Balaban J connectivity index is 2.02. The summed E-state index contributed by atoms with van der Waals surface area (Å²) in [6.45, 7) is 4.27. The van der Waals surface area contributed by atoms with Crippen molar-refractivity contribution in [1.29, 1.82) is 0 Å². The van der Waals surface area contributed by atoms with E-state index in [-0.39, 0.29) is 0 Å². The van der Waals surface area contributed by atoms with Crippen molar-refractivity contribution in [2.75, 3.05) is 19.0 Å². The third-order valence-electron chi connectivity index (χ3n) is 3.34. The van der Waals surface area contributed by atoms with Crippen LogP contribution in [-0.2, 0) is 0 Å². The SMILES string of the molecule is CCOc1c(Cl)cc(/C=N/NC(=O)Nc2ccc(Br)c(C)c2)cc1OC. The molecule has 2 aromatic rings. The van der Waals surface area contributed by atoms with Gasteiger partial charge in [0, 0.05) is 10.2 Å². The quantitative estimate of drug-likeness (QED) is 0.492. The molecule has 26 heavy (non-hydrogen) atoms. The van der Waals surface area contributed by atoms with E-state index in [9.17, 15) is 4.79 Å². The number of hydrazone groups is 1. The standard InChI is InChI=1S/C18H19BrClN3O3/c1-4-26-17-15(20)8-12(9-16(17)25-3)10-21-23-18(24)22-13-5-6-14(19)11(2)7-13/h5-10H,4H2,1-3H3,(H2,22,23,24)/b21-10+. The van der Waals surface area contributed by atoms with Crippen molar-refractivity contribution in [3.05, 3.63) is 51.0 Å². The van der Waals surface area contributed by atoms with Crippen molar-refractivity contribution in [3.63, 3.8) is 0 Å². The number of carbonyl (C=O) groups is 1. The predicted octanol–water partition coefficient (Wildman–Crippen LogP) is 4.97. The number of rotatable bonds is 6. The van der Waals surface area contributed by atoms with E-state index in [0.29, 0.717) is 34.4 Å². The Morgan fingerprint density at radius 3 is 2.77 bits per heavy atom. The van der Waals surface area contributed by atoms with Crippen LogP contribution in [0.3, 0.4) is 0 Å². The van der Waals surface area contributed by atoms with Crippen molar-refractivity contribution < 1.29 is 14.3 Å². The molecule has 0 aliphatic rings. The lowest BCUT2D eigenvalue weighted by Crippen LogP contribution is -2.24. The third-order valence-corrected chi connectivity index (χ3v) is 4.51. The largest absolute Gasteiger partial charge is 0.493 e. The van der Waals surface area contributed by atoms with Crippen LogP contribution in [0, 0.1) is 6.92 Å². The number of halogens is 2. The van der Waals surface area contributed by atoms with Crippen LogP contribution in [0.4, 0.5) is 10.5 Å². The zero-order valence-electron chi connectivity index (χ0n) is 14.6. The summed E-state index contributed by atoms with van der Waals surface area (Å²) < 4.78 is 11.7. The molecule has 0 aliphatic carbocycles. The number of methoxy groups -OCH3 is 1. The molecule has 0 spiro atoms. The molecule has 0 radical (unpaired) electrons. The highest BCUT2D eigenvalue weighted by Crippen LogP contribution is 2.35. The lowest BCUT2D eigenvalue weighted by molar-refractivity contribution is 0.252. The molecule has 0 bridgehead atoms. The molecule has 0 aromatic heterocycles. The first-order valence-corrected chi connectivity index (χ1v) is 8.98. The van der Waals surface area contributed by atoms with E-state index < -0.39 is 6.03 Å². The van der Waals surface area contributed by atoms with Crippen LogP contribution >= 0.6 is 27.5 Å². The van der Waals surface area contributed by atoms with Gasteiger partial charge in [-0.2, -0.15) is 5.10 Å². The summed E-state index contributed by atoms with van der Waals surface area (Å²) in [4.78, 5) is 11.9. The lowest BCUT2D eigenvalue weighted by Gasteiger charge is -2.11. The fraction of sp³-hybridized carbons (Fsp3) is 0.222. The molecule has 0 atom stereocenters. The van der Waals surface area contributed by atoms with E-state index in [4.69, 9.17) is 21.1 Å². The average Bonchev–Trinajstić information content (AvgIpc) is 2.60. The number of anilines is 1. The molecule has 8 heteroatoms. The van der Waals surface area contributed by atoms with E-state index >= 15 is 0 Å². The number of hydrogen-bond acceptors (Lipinski definition) is 4. The number of ether oxygens (including phenoxy) is 2. The first-order chi connectivity index (χ1) is 12.4. The number of nitrogens with zero attached hydrogens (tertiary/aromatic N) is 1. The van der Waals surface area contributed by atoms with Gasteiger partial charge in [0.2, 0.25) is 0 Å². The normalized spacial score (nSPS) is 10.7. The van der Waals surface area contributed by atoms with Gasteiger partial charge in [-0.05, 0) is 55.3 Å². The second kappa shape index (κ2) is 9.45. The molecular weight excluding hydrogens is 422 g/mol. The maximum absolute atomic E-state index is 11.9. The smallest absolute Gasteiger partial charge is 0.339 e. The molecule has 2 rings (SSSR count). The van der Waals surface area contributed by atoms with Crippen molar-refractivity contribution >= 4 is 45.5 Å². The highest BCUT2D eigenvalue weighted by atomic mass is 79.9. The summed E-state index contributed by atoms with van der Waals surface area (Å²) in [5, 5.41) is 7.02. The number of hydrogen-bond donors (Lipinski definition) is 2. The number of amides is 2. The number of urea groups is 1. The van der Waals surface area contributed by atoms with Gasteiger partial charge < -0.3 is 14.8 Å². The predicted molar refractivity (Wildman–Crippen MR) is 108 cm³/mol. The molecule has 0 unspecified atom stereocenters. The molecule has 6 nitrogen and oxygen atoms in total. The van der Waals surface area contributed by atoms with Crippen LogP contribution in [-0.4, -0.2) is 26.0 Å². The van der Waals surface area contributed by atoms with Gasteiger partial charge in [0.15, 0.2) is 11.5 Å². The Labute approximate surface area is 165 Å². The summed E-state index contributed by atoms with van der Waals surface area (Å²) in [5.74, 6) is 0.973. The molecule has 0 saturated carbocycles.